The van der Waals surface area contributed by atoms with E-state index in [1.807, 2.05) is 0 Å². The van der Waals surface area contributed by atoms with E-state index in [0.717, 1.165) is 18.5 Å². The van der Waals surface area contributed by atoms with Crippen molar-refractivity contribution in [2.75, 3.05) is 13.1 Å². The summed E-state index contributed by atoms with van der Waals surface area (Å²) in [6.45, 7) is 1.52. The molecule has 0 bridgehead atoms. The van der Waals surface area contributed by atoms with E-state index >= 15 is 0 Å². The summed E-state index contributed by atoms with van der Waals surface area (Å²) < 4.78 is 46.3. The van der Waals surface area contributed by atoms with Crippen LogP contribution in [0.1, 0.15) is 18.1 Å². The lowest BCUT2D eigenvalue weighted by molar-refractivity contribution is 0.131. The first kappa shape index (κ1) is 14.8. The zero-order chi connectivity index (χ0) is 15.5. The maximum absolute atomic E-state index is 13.8. The number of nitrogens with zero attached hydrogens (tertiary/aromatic N) is 1. The molecule has 1 aliphatic heterocycles. The highest BCUT2D eigenvalue weighted by atomic mass is 19.1. The van der Waals surface area contributed by atoms with Gasteiger partial charge in [0, 0.05) is 37.0 Å². The van der Waals surface area contributed by atoms with E-state index < -0.39 is 29.3 Å². The molecule has 0 saturated carbocycles. The first-order chi connectivity index (χ1) is 10.6. The van der Waals surface area contributed by atoms with Crippen LogP contribution in [0.25, 0.3) is 0 Å². The van der Waals surface area contributed by atoms with Crippen LogP contribution in [-0.2, 0) is 0 Å². The van der Waals surface area contributed by atoms with Crippen LogP contribution in [-0.4, -0.2) is 18.1 Å². The van der Waals surface area contributed by atoms with E-state index in [0.29, 0.717) is 18.7 Å². The summed E-state index contributed by atoms with van der Waals surface area (Å²) >= 11 is 0. The molecule has 2 aromatic rings. The van der Waals surface area contributed by atoms with Crippen LogP contribution >= 0.6 is 0 Å². The van der Waals surface area contributed by atoms with E-state index in [4.69, 9.17) is 4.74 Å². The lowest BCUT2D eigenvalue weighted by Crippen LogP contribution is -2.22. The zero-order valence-corrected chi connectivity index (χ0v) is 11.7. The fourth-order valence-corrected chi connectivity index (χ4v) is 2.69. The van der Waals surface area contributed by atoms with Crippen molar-refractivity contribution in [1.82, 2.24) is 10.3 Å². The van der Waals surface area contributed by atoms with Crippen molar-refractivity contribution < 1.29 is 17.9 Å². The second-order valence-electron chi connectivity index (χ2n) is 5.27. The van der Waals surface area contributed by atoms with Gasteiger partial charge < -0.3 is 10.1 Å². The van der Waals surface area contributed by atoms with Gasteiger partial charge in [-0.15, -0.1) is 0 Å². The summed E-state index contributed by atoms with van der Waals surface area (Å²) in [5.41, 5.74) is 0.784. The third kappa shape index (κ3) is 3.06. The Labute approximate surface area is 126 Å². The van der Waals surface area contributed by atoms with Crippen molar-refractivity contribution in [2.24, 2.45) is 5.92 Å². The molecular formula is C16H15F3N2O. The molecule has 1 aromatic heterocycles. The van der Waals surface area contributed by atoms with Crippen molar-refractivity contribution in [3.63, 3.8) is 0 Å². The third-order valence-corrected chi connectivity index (χ3v) is 3.77. The number of hydrogen-bond donors (Lipinski definition) is 1. The SMILES string of the molecule is Fc1cc(F)c(O[C@H](c2ccncc2)[C@H]2CCNC2)c(F)c1. The van der Waals surface area contributed by atoms with Gasteiger partial charge in [0.15, 0.2) is 17.4 Å². The molecule has 1 aromatic carbocycles. The lowest BCUT2D eigenvalue weighted by atomic mass is 9.95. The number of hydrogen-bond acceptors (Lipinski definition) is 3. The first-order valence-electron chi connectivity index (χ1n) is 7.07. The van der Waals surface area contributed by atoms with Gasteiger partial charge in [-0.2, -0.15) is 0 Å². The highest BCUT2D eigenvalue weighted by Gasteiger charge is 2.30. The summed E-state index contributed by atoms with van der Waals surface area (Å²) in [7, 11) is 0. The molecule has 3 rings (SSSR count). The van der Waals surface area contributed by atoms with Crippen molar-refractivity contribution >= 4 is 0 Å². The molecule has 2 heterocycles. The molecule has 0 amide bonds. The normalized spacial score (nSPS) is 19.1. The number of ether oxygens (including phenoxy) is 1. The summed E-state index contributed by atoms with van der Waals surface area (Å²) in [6, 6.07) is 4.74. The molecule has 2 atom stereocenters. The average molecular weight is 308 g/mol. The summed E-state index contributed by atoms with van der Waals surface area (Å²) in [5.74, 6) is -3.52. The quantitative estimate of drug-likeness (QED) is 0.941. The Morgan fingerprint density at radius 1 is 1.14 bits per heavy atom. The number of benzene rings is 1. The molecule has 1 N–H and O–H groups in total. The smallest absolute Gasteiger partial charge is 0.191 e. The van der Waals surface area contributed by atoms with Crippen LogP contribution in [0.15, 0.2) is 36.7 Å². The zero-order valence-electron chi connectivity index (χ0n) is 11.7. The number of aromatic nitrogens is 1. The van der Waals surface area contributed by atoms with Crippen molar-refractivity contribution in [2.45, 2.75) is 12.5 Å². The lowest BCUT2D eigenvalue weighted by Gasteiger charge is -2.25. The number of halogens is 3. The van der Waals surface area contributed by atoms with Crippen LogP contribution in [0.5, 0.6) is 5.75 Å². The van der Waals surface area contributed by atoms with Gasteiger partial charge in [0.1, 0.15) is 11.9 Å². The molecule has 1 fully saturated rings. The number of nitrogens with one attached hydrogen (secondary N) is 1. The van der Waals surface area contributed by atoms with Gasteiger partial charge in [-0.05, 0) is 30.7 Å². The Balaban J connectivity index is 1.94. The topological polar surface area (TPSA) is 34.1 Å². The fraction of sp³-hybridized carbons (Fsp3) is 0.312. The molecule has 6 heteroatoms. The van der Waals surface area contributed by atoms with Gasteiger partial charge in [0.25, 0.3) is 0 Å². The van der Waals surface area contributed by atoms with Crippen molar-refractivity contribution in [1.29, 1.82) is 0 Å². The Hall–Kier alpha value is -2.08. The molecule has 0 spiro atoms. The van der Waals surface area contributed by atoms with Crippen molar-refractivity contribution in [3.8, 4) is 5.75 Å². The van der Waals surface area contributed by atoms with E-state index in [1.165, 1.54) is 0 Å². The fourth-order valence-electron chi connectivity index (χ4n) is 2.69. The standard InChI is InChI=1S/C16H15F3N2O/c17-12-7-13(18)16(14(19)8-12)22-15(11-3-6-21-9-11)10-1-4-20-5-2-10/h1-2,4-5,7-8,11,15,21H,3,6,9H2/t11-,15+/m0/s1. The second kappa shape index (κ2) is 6.36. The molecular weight excluding hydrogens is 293 g/mol. The van der Waals surface area contributed by atoms with Gasteiger partial charge in [-0.3, -0.25) is 4.98 Å². The molecule has 0 unspecified atom stereocenters. The predicted octanol–water partition coefficient (Wildman–Crippen LogP) is 3.23. The van der Waals surface area contributed by atoms with Crippen LogP contribution in [0.4, 0.5) is 13.2 Å². The summed E-state index contributed by atoms with van der Waals surface area (Å²) in [5, 5.41) is 3.20. The molecule has 3 nitrogen and oxygen atoms in total. The van der Waals surface area contributed by atoms with Gasteiger partial charge in [0.05, 0.1) is 0 Å². The van der Waals surface area contributed by atoms with Gasteiger partial charge in [-0.25, -0.2) is 13.2 Å². The van der Waals surface area contributed by atoms with Crippen LogP contribution in [0, 0.1) is 23.4 Å². The van der Waals surface area contributed by atoms with Gasteiger partial charge >= 0.3 is 0 Å². The van der Waals surface area contributed by atoms with E-state index in [-0.39, 0.29) is 5.92 Å². The van der Waals surface area contributed by atoms with Crippen LogP contribution in [0.2, 0.25) is 0 Å². The maximum Gasteiger partial charge on any atom is 0.191 e. The summed E-state index contributed by atoms with van der Waals surface area (Å²) in [6.07, 6.45) is 3.52. The Kier molecular flexibility index (Phi) is 4.29. The largest absolute Gasteiger partial charge is 0.479 e. The maximum atomic E-state index is 13.8. The number of rotatable bonds is 4. The Morgan fingerprint density at radius 3 is 2.41 bits per heavy atom. The second-order valence-corrected chi connectivity index (χ2v) is 5.27. The van der Waals surface area contributed by atoms with Gasteiger partial charge in [0.2, 0.25) is 0 Å². The Morgan fingerprint density at radius 2 is 1.82 bits per heavy atom. The Bertz CT molecular complexity index is 622. The minimum Gasteiger partial charge on any atom is -0.479 e. The molecule has 0 aliphatic carbocycles. The van der Waals surface area contributed by atoms with Crippen LogP contribution in [0.3, 0.4) is 0 Å². The summed E-state index contributed by atoms with van der Waals surface area (Å²) in [4.78, 5) is 3.94. The minimum absolute atomic E-state index is 0.0752. The average Bonchev–Trinajstić information content (AvgIpc) is 3.01. The van der Waals surface area contributed by atoms with Crippen LogP contribution < -0.4 is 10.1 Å². The minimum atomic E-state index is -1.04. The van der Waals surface area contributed by atoms with E-state index in [2.05, 4.69) is 10.3 Å². The van der Waals surface area contributed by atoms with E-state index in [1.54, 1.807) is 24.5 Å². The third-order valence-electron chi connectivity index (χ3n) is 3.77. The predicted molar refractivity (Wildman–Crippen MR) is 74.9 cm³/mol. The van der Waals surface area contributed by atoms with Crippen molar-refractivity contribution in [3.05, 3.63) is 59.7 Å². The first-order valence-corrected chi connectivity index (χ1v) is 7.07. The monoisotopic (exact) mass is 308 g/mol. The highest BCUT2D eigenvalue weighted by molar-refractivity contribution is 5.29. The van der Waals surface area contributed by atoms with Gasteiger partial charge in [-0.1, -0.05) is 0 Å². The molecule has 22 heavy (non-hydrogen) atoms. The molecule has 1 aliphatic rings. The van der Waals surface area contributed by atoms with E-state index in [9.17, 15) is 13.2 Å². The number of pyridine rings is 1. The highest BCUT2D eigenvalue weighted by Crippen LogP contribution is 2.34. The molecule has 0 radical (unpaired) electrons. The molecule has 116 valence electrons. The molecule has 1 saturated heterocycles.